The summed E-state index contributed by atoms with van der Waals surface area (Å²) in [4.78, 5) is 0. The minimum Gasteiger partial charge on any atom is -0.372 e. The van der Waals surface area contributed by atoms with Gasteiger partial charge in [-0.3, -0.25) is 0 Å². The minimum atomic E-state index is 0.212. The highest BCUT2D eigenvalue weighted by Gasteiger charge is 2.27. The van der Waals surface area contributed by atoms with Crippen LogP contribution in [-0.4, -0.2) is 19.2 Å². The molecule has 0 bridgehead atoms. The van der Waals surface area contributed by atoms with E-state index in [4.69, 9.17) is 4.74 Å². The summed E-state index contributed by atoms with van der Waals surface area (Å²) in [7, 11) is 0. The molecule has 1 radical (unpaired) electrons. The first-order valence-corrected chi connectivity index (χ1v) is 10.0. The standard InChI is InChI=1S/C25H28NO/c1-2-5-19-8-12-22(13-9-19)24-14-15-26-17-25(24)27-18-20-10-11-21-6-3-4-7-23(21)16-20/h3-4,6-13,16,24-26H,1-2,5,14-15,17-18H2. The van der Waals surface area contributed by atoms with Crippen LogP contribution >= 0.6 is 0 Å². The molecule has 3 aromatic carbocycles. The number of piperidine rings is 1. The van der Waals surface area contributed by atoms with Gasteiger partial charge in [-0.2, -0.15) is 0 Å². The largest absolute Gasteiger partial charge is 0.372 e. The second-order valence-corrected chi connectivity index (χ2v) is 7.48. The van der Waals surface area contributed by atoms with Crippen molar-refractivity contribution in [1.29, 1.82) is 0 Å². The number of benzene rings is 3. The van der Waals surface area contributed by atoms with Crippen LogP contribution in [-0.2, 0) is 17.8 Å². The van der Waals surface area contributed by atoms with Crippen LogP contribution in [0.4, 0.5) is 0 Å². The maximum absolute atomic E-state index is 6.39. The average Bonchev–Trinajstić information content (AvgIpc) is 2.73. The maximum Gasteiger partial charge on any atom is 0.0772 e. The number of fused-ring (bicyclic) bond motifs is 1. The van der Waals surface area contributed by atoms with E-state index in [1.54, 1.807) is 0 Å². The van der Waals surface area contributed by atoms with Gasteiger partial charge in [0.15, 0.2) is 0 Å². The first-order chi connectivity index (χ1) is 13.3. The molecule has 1 aliphatic rings. The van der Waals surface area contributed by atoms with Gasteiger partial charge in [0, 0.05) is 12.5 Å². The lowest BCUT2D eigenvalue weighted by Crippen LogP contribution is -2.40. The molecule has 1 aliphatic heterocycles. The van der Waals surface area contributed by atoms with Crippen molar-refractivity contribution in [1.82, 2.24) is 5.32 Å². The molecule has 2 unspecified atom stereocenters. The lowest BCUT2D eigenvalue weighted by molar-refractivity contribution is 0.0106. The predicted molar refractivity (Wildman–Crippen MR) is 113 cm³/mol. The molecule has 2 heteroatoms. The van der Waals surface area contributed by atoms with Gasteiger partial charge < -0.3 is 10.1 Å². The van der Waals surface area contributed by atoms with E-state index in [-0.39, 0.29) is 6.10 Å². The smallest absolute Gasteiger partial charge is 0.0772 e. The van der Waals surface area contributed by atoms with Crippen LogP contribution in [0.15, 0.2) is 66.7 Å². The molecule has 1 N–H and O–H groups in total. The van der Waals surface area contributed by atoms with Crippen LogP contribution < -0.4 is 5.32 Å². The summed E-state index contributed by atoms with van der Waals surface area (Å²) >= 11 is 0. The van der Waals surface area contributed by atoms with Gasteiger partial charge in [0.2, 0.25) is 0 Å². The summed E-state index contributed by atoms with van der Waals surface area (Å²) in [6.07, 6.45) is 3.33. The highest BCUT2D eigenvalue weighted by molar-refractivity contribution is 5.82. The molecule has 0 aromatic heterocycles. The Balaban J connectivity index is 1.45. The summed E-state index contributed by atoms with van der Waals surface area (Å²) in [6.45, 7) is 6.58. The summed E-state index contributed by atoms with van der Waals surface area (Å²) in [5, 5.41) is 6.05. The SMILES string of the molecule is [CH2]CCc1ccc(C2CCNCC2OCc2ccc3ccccc3c2)cc1. The highest BCUT2D eigenvalue weighted by atomic mass is 16.5. The first kappa shape index (κ1) is 18.2. The van der Waals surface area contributed by atoms with Crippen LogP contribution in [0.25, 0.3) is 10.8 Å². The van der Waals surface area contributed by atoms with Crippen molar-refractivity contribution in [3.63, 3.8) is 0 Å². The van der Waals surface area contributed by atoms with Crippen LogP contribution in [0, 0.1) is 6.92 Å². The highest BCUT2D eigenvalue weighted by Crippen LogP contribution is 2.29. The van der Waals surface area contributed by atoms with Crippen molar-refractivity contribution < 1.29 is 4.74 Å². The normalized spacial score (nSPS) is 20.0. The number of hydrogen-bond acceptors (Lipinski definition) is 2. The van der Waals surface area contributed by atoms with Gasteiger partial charge in [0.1, 0.15) is 0 Å². The molecular formula is C25H28NO. The van der Waals surface area contributed by atoms with E-state index in [9.17, 15) is 0 Å². The zero-order valence-electron chi connectivity index (χ0n) is 15.9. The Kier molecular flexibility index (Phi) is 5.86. The van der Waals surface area contributed by atoms with Gasteiger partial charge in [-0.1, -0.05) is 67.6 Å². The number of aryl methyl sites for hydroxylation is 1. The van der Waals surface area contributed by atoms with Crippen molar-refractivity contribution >= 4 is 10.8 Å². The predicted octanol–water partition coefficient (Wildman–Crippen LogP) is 5.27. The quantitative estimate of drug-likeness (QED) is 0.648. The zero-order valence-corrected chi connectivity index (χ0v) is 15.9. The van der Waals surface area contributed by atoms with E-state index in [2.05, 4.69) is 79.0 Å². The van der Waals surface area contributed by atoms with Crippen molar-refractivity contribution in [3.05, 3.63) is 90.3 Å². The van der Waals surface area contributed by atoms with E-state index in [0.29, 0.717) is 12.5 Å². The maximum atomic E-state index is 6.39. The Hall–Kier alpha value is -2.16. The number of rotatable bonds is 6. The van der Waals surface area contributed by atoms with Crippen molar-refractivity contribution in [2.45, 2.75) is 37.9 Å². The number of ether oxygens (including phenoxy) is 1. The molecule has 1 saturated heterocycles. The van der Waals surface area contributed by atoms with Gasteiger partial charge >= 0.3 is 0 Å². The second kappa shape index (κ2) is 8.69. The minimum absolute atomic E-state index is 0.212. The Morgan fingerprint density at radius 2 is 1.70 bits per heavy atom. The molecule has 0 saturated carbocycles. The number of nitrogens with one attached hydrogen (secondary N) is 1. The molecule has 1 fully saturated rings. The number of hydrogen-bond donors (Lipinski definition) is 1. The molecule has 4 rings (SSSR count). The van der Waals surface area contributed by atoms with E-state index in [1.807, 2.05) is 0 Å². The second-order valence-electron chi connectivity index (χ2n) is 7.48. The molecule has 0 spiro atoms. The molecule has 0 amide bonds. The van der Waals surface area contributed by atoms with Gasteiger partial charge in [-0.05, 0) is 59.3 Å². The Morgan fingerprint density at radius 3 is 2.52 bits per heavy atom. The summed E-state index contributed by atoms with van der Waals surface area (Å²) in [6, 6.07) is 24.2. The fourth-order valence-electron chi connectivity index (χ4n) is 4.05. The average molecular weight is 359 g/mol. The Morgan fingerprint density at radius 1 is 0.926 bits per heavy atom. The molecule has 0 aliphatic carbocycles. The topological polar surface area (TPSA) is 21.3 Å². The monoisotopic (exact) mass is 358 g/mol. The Labute approximate surface area is 162 Å². The van der Waals surface area contributed by atoms with E-state index >= 15 is 0 Å². The van der Waals surface area contributed by atoms with Crippen molar-refractivity contribution in [2.75, 3.05) is 13.1 Å². The van der Waals surface area contributed by atoms with Crippen molar-refractivity contribution in [3.8, 4) is 0 Å². The summed E-state index contributed by atoms with van der Waals surface area (Å²) in [5.41, 5.74) is 4.01. The molecule has 27 heavy (non-hydrogen) atoms. The zero-order chi connectivity index (χ0) is 18.5. The molecule has 2 nitrogen and oxygen atoms in total. The summed E-state index contributed by atoms with van der Waals surface area (Å²) < 4.78 is 6.39. The van der Waals surface area contributed by atoms with Crippen LogP contribution in [0.3, 0.4) is 0 Å². The third-order valence-electron chi connectivity index (χ3n) is 5.58. The molecule has 2 atom stereocenters. The van der Waals surface area contributed by atoms with E-state index in [0.717, 1.165) is 32.4 Å². The molecule has 1 heterocycles. The van der Waals surface area contributed by atoms with Gasteiger partial charge in [0.05, 0.1) is 12.7 Å². The van der Waals surface area contributed by atoms with Crippen LogP contribution in [0.1, 0.15) is 35.4 Å². The van der Waals surface area contributed by atoms with Crippen LogP contribution in [0.2, 0.25) is 0 Å². The third kappa shape index (κ3) is 4.40. The fraction of sp³-hybridized carbons (Fsp3) is 0.320. The summed E-state index contributed by atoms with van der Waals surface area (Å²) in [5.74, 6) is 0.459. The first-order valence-electron chi connectivity index (χ1n) is 10.0. The van der Waals surface area contributed by atoms with Gasteiger partial charge in [0.25, 0.3) is 0 Å². The molecular weight excluding hydrogens is 330 g/mol. The van der Waals surface area contributed by atoms with Crippen LogP contribution in [0.5, 0.6) is 0 Å². The van der Waals surface area contributed by atoms with Crippen molar-refractivity contribution in [2.24, 2.45) is 0 Å². The fourth-order valence-corrected chi connectivity index (χ4v) is 4.05. The molecule has 139 valence electrons. The lowest BCUT2D eigenvalue weighted by Gasteiger charge is -2.32. The molecule has 3 aromatic rings. The van der Waals surface area contributed by atoms with E-state index in [1.165, 1.54) is 27.5 Å². The van der Waals surface area contributed by atoms with Gasteiger partial charge in [-0.25, -0.2) is 0 Å². The third-order valence-corrected chi connectivity index (χ3v) is 5.58. The Bertz CT molecular complexity index is 871. The van der Waals surface area contributed by atoms with Gasteiger partial charge in [-0.15, -0.1) is 0 Å². The lowest BCUT2D eigenvalue weighted by atomic mass is 9.87. The van der Waals surface area contributed by atoms with E-state index < -0.39 is 0 Å².